The molecule has 1 fully saturated rings. The first-order valence-corrected chi connectivity index (χ1v) is 11.1. The van der Waals surface area contributed by atoms with Crippen LogP contribution in [0.25, 0.3) is 10.9 Å². The highest BCUT2D eigenvalue weighted by molar-refractivity contribution is 5.94. The first-order valence-electron chi connectivity index (χ1n) is 11.1. The quantitative estimate of drug-likeness (QED) is 0.590. The zero-order valence-corrected chi connectivity index (χ0v) is 19.4. The number of nitrogens with zero attached hydrogens (tertiary/aromatic N) is 3. The second-order valence-corrected chi connectivity index (χ2v) is 9.54. The molecule has 0 amide bonds. The average Bonchev–Trinajstić information content (AvgIpc) is 2.76. The molecule has 174 valence electrons. The van der Waals surface area contributed by atoms with Gasteiger partial charge in [-0.25, -0.2) is 14.2 Å². The molecule has 2 aromatic carbocycles. The summed E-state index contributed by atoms with van der Waals surface area (Å²) in [7, 11) is 1.67. The molecule has 0 bridgehead atoms. The van der Waals surface area contributed by atoms with E-state index in [-0.39, 0.29) is 21.9 Å². The van der Waals surface area contributed by atoms with Crippen LogP contribution >= 0.6 is 0 Å². The lowest BCUT2D eigenvalue weighted by Crippen LogP contribution is -2.40. The van der Waals surface area contributed by atoms with Crippen LogP contribution in [0, 0.1) is 11.2 Å². The van der Waals surface area contributed by atoms with Gasteiger partial charge in [-0.1, -0.05) is 26.0 Å². The second kappa shape index (κ2) is 8.50. The van der Waals surface area contributed by atoms with Crippen molar-refractivity contribution < 1.29 is 14.3 Å². The third-order valence-corrected chi connectivity index (χ3v) is 6.55. The van der Waals surface area contributed by atoms with Crippen molar-refractivity contribution in [3.05, 3.63) is 63.7 Å². The van der Waals surface area contributed by atoms with Crippen molar-refractivity contribution in [2.75, 3.05) is 23.3 Å². The molecule has 7 nitrogen and oxygen atoms in total. The standard InChI is InChI=1S/C25H29FN4O3/c1-15(27-20-8-6-5-7-17(20)23(32)33)18-13-16(26)14-19-21(18)28-24(29(4)22(19)31)30-11-9-25(2,3)10-12-30/h5-8,13-15,27H,9-12H2,1-4H3,(H,32,33). The van der Waals surface area contributed by atoms with E-state index in [0.29, 0.717) is 22.7 Å². The van der Waals surface area contributed by atoms with E-state index in [2.05, 4.69) is 24.1 Å². The summed E-state index contributed by atoms with van der Waals surface area (Å²) in [6, 6.07) is 8.63. The Balaban J connectivity index is 1.80. The normalized spacial score (nSPS) is 16.6. The SMILES string of the molecule is CC(Nc1ccccc1C(=O)O)c1cc(F)cc2c(=O)n(C)c(N3CCC(C)(C)CC3)nc12. The Morgan fingerprint density at radius 2 is 1.88 bits per heavy atom. The molecule has 1 saturated heterocycles. The number of piperidine rings is 1. The number of aromatic carboxylic acids is 1. The summed E-state index contributed by atoms with van der Waals surface area (Å²) in [5.74, 6) is -1.03. The van der Waals surface area contributed by atoms with Gasteiger partial charge in [0.1, 0.15) is 5.82 Å². The van der Waals surface area contributed by atoms with E-state index in [9.17, 15) is 19.1 Å². The third-order valence-electron chi connectivity index (χ3n) is 6.55. The lowest BCUT2D eigenvalue weighted by atomic mass is 9.83. The fourth-order valence-corrected chi connectivity index (χ4v) is 4.39. The zero-order chi connectivity index (χ0) is 23.9. The zero-order valence-electron chi connectivity index (χ0n) is 19.4. The minimum Gasteiger partial charge on any atom is -0.478 e. The monoisotopic (exact) mass is 452 g/mol. The van der Waals surface area contributed by atoms with Crippen molar-refractivity contribution in [3.8, 4) is 0 Å². The van der Waals surface area contributed by atoms with Gasteiger partial charge in [0.05, 0.1) is 22.5 Å². The van der Waals surface area contributed by atoms with Crippen LogP contribution < -0.4 is 15.8 Å². The number of halogens is 1. The molecule has 3 aromatic rings. The number of carbonyl (C=O) groups is 1. The predicted octanol–water partition coefficient (Wildman–Crippen LogP) is 4.57. The number of aromatic nitrogens is 2. The highest BCUT2D eigenvalue weighted by Gasteiger charge is 2.28. The van der Waals surface area contributed by atoms with Crippen molar-refractivity contribution in [2.45, 2.75) is 39.7 Å². The number of carboxylic acid groups (broad SMARTS) is 1. The topological polar surface area (TPSA) is 87.5 Å². The van der Waals surface area contributed by atoms with Crippen LogP contribution in [0.1, 0.15) is 55.6 Å². The molecule has 1 unspecified atom stereocenters. The average molecular weight is 453 g/mol. The maximum absolute atomic E-state index is 14.5. The molecular formula is C25H29FN4O3. The Morgan fingerprint density at radius 1 is 1.21 bits per heavy atom. The van der Waals surface area contributed by atoms with E-state index in [4.69, 9.17) is 4.98 Å². The summed E-state index contributed by atoms with van der Waals surface area (Å²) in [5, 5.41) is 12.9. The van der Waals surface area contributed by atoms with Crippen molar-refractivity contribution >= 4 is 28.5 Å². The Morgan fingerprint density at radius 3 is 2.55 bits per heavy atom. The lowest BCUT2D eigenvalue weighted by Gasteiger charge is -2.38. The number of anilines is 2. The van der Waals surface area contributed by atoms with Crippen molar-refractivity contribution in [1.29, 1.82) is 0 Å². The highest BCUT2D eigenvalue weighted by atomic mass is 19.1. The van der Waals surface area contributed by atoms with E-state index in [1.807, 2.05) is 0 Å². The molecule has 2 N–H and O–H groups in total. The lowest BCUT2D eigenvalue weighted by molar-refractivity contribution is 0.0698. The molecular weight excluding hydrogens is 423 g/mol. The fraction of sp³-hybridized carbons (Fsp3) is 0.400. The summed E-state index contributed by atoms with van der Waals surface area (Å²) >= 11 is 0. The summed E-state index contributed by atoms with van der Waals surface area (Å²) < 4.78 is 16.0. The summed E-state index contributed by atoms with van der Waals surface area (Å²) in [6.07, 6.45) is 1.97. The smallest absolute Gasteiger partial charge is 0.337 e. The fourth-order valence-electron chi connectivity index (χ4n) is 4.39. The van der Waals surface area contributed by atoms with Gasteiger partial charge < -0.3 is 15.3 Å². The van der Waals surface area contributed by atoms with Gasteiger partial charge in [0, 0.05) is 31.4 Å². The number of rotatable bonds is 5. The minimum atomic E-state index is -1.06. The molecule has 0 aliphatic carbocycles. The molecule has 33 heavy (non-hydrogen) atoms. The molecule has 8 heteroatoms. The second-order valence-electron chi connectivity index (χ2n) is 9.54. The molecule has 0 saturated carbocycles. The van der Waals surface area contributed by atoms with Crippen LogP contribution in [-0.2, 0) is 7.05 Å². The molecule has 0 spiro atoms. The highest BCUT2D eigenvalue weighted by Crippen LogP contribution is 2.33. The van der Waals surface area contributed by atoms with Gasteiger partial charge in [-0.15, -0.1) is 0 Å². The van der Waals surface area contributed by atoms with E-state index in [1.165, 1.54) is 22.8 Å². The van der Waals surface area contributed by atoms with Gasteiger partial charge in [0.2, 0.25) is 5.95 Å². The Labute approximate surface area is 191 Å². The molecule has 2 heterocycles. The van der Waals surface area contributed by atoms with E-state index in [1.54, 1.807) is 32.2 Å². The van der Waals surface area contributed by atoms with Gasteiger partial charge in [0.25, 0.3) is 5.56 Å². The van der Waals surface area contributed by atoms with E-state index in [0.717, 1.165) is 25.9 Å². The molecule has 1 aliphatic heterocycles. The van der Waals surface area contributed by atoms with Crippen molar-refractivity contribution in [1.82, 2.24) is 9.55 Å². The number of hydrogen-bond donors (Lipinski definition) is 2. The van der Waals surface area contributed by atoms with E-state index >= 15 is 0 Å². The maximum Gasteiger partial charge on any atom is 0.337 e. The molecule has 0 radical (unpaired) electrons. The Hall–Kier alpha value is -3.42. The van der Waals surface area contributed by atoms with Gasteiger partial charge in [0.15, 0.2) is 0 Å². The first kappa shape index (κ1) is 22.8. The van der Waals surface area contributed by atoms with Crippen molar-refractivity contribution in [2.24, 2.45) is 12.5 Å². The number of benzene rings is 2. The van der Waals surface area contributed by atoms with Gasteiger partial charge in [-0.05, 0) is 49.4 Å². The minimum absolute atomic E-state index is 0.116. The largest absolute Gasteiger partial charge is 0.478 e. The van der Waals surface area contributed by atoms with Crippen LogP contribution in [-0.4, -0.2) is 33.7 Å². The molecule has 1 aliphatic rings. The summed E-state index contributed by atoms with van der Waals surface area (Å²) in [6.45, 7) is 7.85. The number of nitrogens with one attached hydrogen (secondary N) is 1. The van der Waals surface area contributed by atoms with Crippen LogP contribution in [0.4, 0.5) is 16.0 Å². The number of carboxylic acids is 1. The van der Waals surface area contributed by atoms with Crippen LogP contribution in [0.5, 0.6) is 0 Å². The number of fused-ring (bicyclic) bond motifs is 1. The summed E-state index contributed by atoms with van der Waals surface area (Å²) in [4.78, 5) is 31.7. The molecule has 1 aromatic heterocycles. The maximum atomic E-state index is 14.5. The third kappa shape index (κ3) is 4.42. The Bertz CT molecular complexity index is 1270. The van der Waals surface area contributed by atoms with Crippen LogP contribution in [0.15, 0.2) is 41.2 Å². The van der Waals surface area contributed by atoms with Gasteiger partial charge >= 0.3 is 5.97 Å². The molecule has 4 rings (SSSR count). The van der Waals surface area contributed by atoms with E-state index < -0.39 is 17.8 Å². The van der Waals surface area contributed by atoms with Crippen LogP contribution in [0.2, 0.25) is 0 Å². The molecule has 1 atom stereocenters. The van der Waals surface area contributed by atoms with Gasteiger partial charge in [-0.3, -0.25) is 9.36 Å². The first-order chi connectivity index (χ1) is 15.6. The number of para-hydroxylation sites is 1. The summed E-state index contributed by atoms with van der Waals surface area (Å²) in [5.41, 5.74) is 1.39. The van der Waals surface area contributed by atoms with Crippen LogP contribution in [0.3, 0.4) is 0 Å². The number of hydrogen-bond acceptors (Lipinski definition) is 5. The van der Waals surface area contributed by atoms with Crippen molar-refractivity contribution in [3.63, 3.8) is 0 Å². The van der Waals surface area contributed by atoms with Gasteiger partial charge in [-0.2, -0.15) is 0 Å². The Kier molecular flexibility index (Phi) is 5.86. The predicted molar refractivity (Wildman–Crippen MR) is 128 cm³/mol.